The van der Waals surface area contributed by atoms with Crippen molar-refractivity contribution in [3.8, 4) is 0 Å². The van der Waals surface area contributed by atoms with Crippen LogP contribution in [0.25, 0.3) is 0 Å². The van der Waals surface area contributed by atoms with E-state index < -0.39 is 20.0 Å². The zero-order chi connectivity index (χ0) is 32.6. The van der Waals surface area contributed by atoms with Gasteiger partial charge in [0, 0.05) is 13.0 Å². The lowest BCUT2D eigenvalue weighted by Crippen LogP contribution is -2.45. The molecule has 0 saturated heterocycles. The Balaban J connectivity index is 4.29. The lowest BCUT2D eigenvalue weighted by Gasteiger charge is -2.23. The standard InChI is InChI=1S/C35H69N2O6P/c1-3-5-7-9-11-13-14-15-16-17-18-19-21-23-25-27-29-35(39)37-33(32-43-44(40,41)42-31-30-36)34(38)28-26-24-22-20-12-10-8-6-4-2/h22,24,26,28,33-34,38H,3-21,23,25,27,29-32,36H2,1-2H3,(H,37,39)(H,40,41)/b24-22+,28-26+/t33-,34+/m0/s1. The lowest BCUT2D eigenvalue weighted by atomic mass is 10.0. The first-order valence-electron chi connectivity index (χ1n) is 18.0. The second-order valence-electron chi connectivity index (χ2n) is 12.1. The van der Waals surface area contributed by atoms with Crippen LogP contribution in [0, 0.1) is 0 Å². The van der Waals surface area contributed by atoms with Gasteiger partial charge in [-0.05, 0) is 19.3 Å². The molecule has 0 saturated carbocycles. The van der Waals surface area contributed by atoms with E-state index in [4.69, 9.17) is 14.8 Å². The summed E-state index contributed by atoms with van der Waals surface area (Å²) >= 11 is 0. The number of nitrogens with one attached hydrogen (secondary N) is 1. The van der Waals surface area contributed by atoms with Crippen LogP contribution in [0.15, 0.2) is 24.3 Å². The van der Waals surface area contributed by atoms with E-state index in [0.717, 1.165) is 32.1 Å². The lowest BCUT2D eigenvalue weighted by molar-refractivity contribution is -0.123. The Morgan fingerprint density at radius 3 is 1.73 bits per heavy atom. The van der Waals surface area contributed by atoms with Crippen LogP contribution in [0.5, 0.6) is 0 Å². The molecule has 3 atom stereocenters. The van der Waals surface area contributed by atoms with Gasteiger partial charge >= 0.3 is 7.82 Å². The number of rotatable bonds is 33. The molecule has 0 aliphatic carbocycles. The molecule has 0 aromatic heterocycles. The van der Waals surface area contributed by atoms with Gasteiger partial charge in [0.25, 0.3) is 0 Å². The molecular formula is C35H69N2O6P. The first-order valence-corrected chi connectivity index (χ1v) is 19.5. The number of carbonyl (C=O) groups excluding carboxylic acids is 1. The largest absolute Gasteiger partial charge is 0.472 e. The first kappa shape index (κ1) is 43.0. The molecule has 5 N–H and O–H groups in total. The summed E-state index contributed by atoms with van der Waals surface area (Å²) in [4.78, 5) is 22.5. The number of nitrogens with two attached hydrogens (primary N) is 1. The van der Waals surface area contributed by atoms with Crippen molar-refractivity contribution in [2.75, 3.05) is 19.8 Å². The molecule has 0 rings (SSSR count). The molecule has 8 nitrogen and oxygen atoms in total. The number of amides is 1. The molecule has 0 heterocycles. The zero-order valence-electron chi connectivity index (χ0n) is 28.4. The summed E-state index contributed by atoms with van der Waals surface area (Å²) < 4.78 is 21.9. The fourth-order valence-electron chi connectivity index (χ4n) is 5.07. The van der Waals surface area contributed by atoms with Crippen molar-refractivity contribution in [1.82, 2.24) is 5.32 Å². The minimum atomic E-state index is -4.33. The van der Waals surface area contributed by atoms with Crippen molar-refractivity contribution in [3.05, 3.63) is 24.3 Å². The normalized spacial score (nSPS) is 14.8. The van der Waals surface area contributed by atoms with E-state index in [9.17, 15) is 19.4 Å². The Labute approximate surface area is 270 Å². The summed E-state index contributed by atoms with van der Waals surface area (Å²) in [6.45, 7) is 4.04. The van der Waals surface area contributed by atoms with Gasteiger partial charge in [0.2, 0.25) is 5.91 Å². The Bertz CT molecular complexity index is 749. The second kappa shape index (κ2) is 31.9. The summed E-state index contributed by atoms with van der Waals surface area (Å²) in [6, 6.07) is -0.885. The number of phosphoric ester groups is 1. The third kappa shape index (κ3) is 29.7. The molecule has 9 heteroatoms. The van der Waals surface area contributed by atoms with E-state index in [1.54, 1.807) is 12.2 Å². The summed E-state index contributed by atoms with van der Waals surface area (Å²) in [7, 11) is -4.33. The highest BCUT2D eigenvalue weighted by atomic mass is 31.2. The van der Waals surface area contributed by atoms with Crippen LogP contribution < -0.4 is 11.1 Å². The summed E-state index contributed by atoms with van der Waals surface area (Å²) in [5.41, 5.74) is 5.33. The smallest absolute Gasteiger partial charge is 0.387 e. The average molecular weight is 645 g/mol. The molecule has 0 aromatic carbocycles. The fourth-order valence-corrected chi connectivity index (χ4v) is 5.83. The van der Waals surface area contributed by atoms with Crippen molar-refractivity contribution in [2.45, 2.75) is 174 Å². The van der Waals surface area contributed by atoms with Crippen molar-refractivity contribution < 1.29 is 28.4 Å². The Kier molecular flexibility index (Phi) is 31.2. The van der Waals surface area contributed by atoms with E-state index in [-0.39, 0.29) is 25.7 Å². The number of hydrogen-bond donors (Lipinski definition) is 4. The monoisotopic (exact) mass is 644 g/mol. The van der Waals surface area contributed by atoms with Gasteiger partial charge in [-0.2, -0.15) is 0 Å². The maximum atomic E-state index is 12.6. The van der Waals surface area contributed by atoms with Gasteiger partial charge in [0.15, 0.2) is 0 Å². The quantitative estimate of drug-likeness (QED) is 0.0318. The van der Waals surface area contributed by atoms with Crippen LogP contribution >= 0.6 is 7.82 Å². The number of aliphatic hydroxyl groups excluding tert-OH is 1. The van der Waals surface area contributed by atoms with Crippen molar-refractivity contribution in [1.29, 1.82) is 0 Å². The van der Waals surface area contributed by atoms with E-state index in [1.807, 2.05) is 6.08 Å². The molecule has 0 bridgehead atoms. The first-order chi connectivity index (χ1) is 21.4. The minimum Gasteiger partial charge on any atom is -0.387 e. The van der Waals surface area contributed by atoms with Crippen molar-refractivity contribution in [2.24, 2.45) is 5.73 Å². The third-order valence-corrected chi connectivity index (χ3v) is 8.82. The molecule has 0 aliphatic heterocycles. The highest BCUT2D eigenvalue weighted by Gasteiger charge is 2.26. The molecule has 1 amide bonds. The Morgan fingerprint density at radius 1 is 0.750 bits per heavy atom. The van der Waals surface area contributed by atoms with E-state index >= 15 is 0 Å². The summed E-state index contributed by atoms with van der Waals surface area (Å²) in [5, 5.41) is 13.5. The number of aliphatic hydroxyl groups is 1. The Hall–Kier alpha value is -1.02. The summed E-state index contributed by atoms with van der Waals surface area (Å²) in [6.07, 6.45) is 33.8. The number of carbonyl (C=O) groups is 1. The number of hydrogen-bond acceptors (Lipinski definition) is 6. The molecule has 0 aliphatic rings. The molecule has 0 fully saturated rings. The minimum absolute atomic E-state index is 0.0731. The number of allylic oxidation sites excluding steroid dienone is 3. The predicted molar refractivity (Wildman–Crippen MR) is 185 cm³/mol. The van der Waals surface area contributed by atoms with Crippen molar-refractivity contribution in [3.63, 3.8) is 0 Å². The van der Waals surface area contributed by atoms with E-state index in [1.165, 1.54) is 109 Å². The highest BCUT2D eigenvalue weighted by Crippen LogP contribution is 2.43. The van der Waals surface area contributed by atoms with Crippen LogP contribution in [0.3, 0.4) is 0 Å². The van der Waals surface area contributed by atoms with E-state index in [0.29, 0.717) is 6.42 Å². The van der Waals surface area contributed by atoms with Crippen LogP contribution in [0.2, 0.25) is 0 Å². The van der Waals surface area contributed by atoms with Crippen molar-refractivity contribution >= 4 is 13.7 Å². The summed E-state index contributed by atoms with van der Waals surface area (Å²) in [5.74, 6) is -0.213. The molecule has 260 valence electrons. The maximum Gasteiger partial charge on any atom is 0.472 e. The fraction of sp³-hybridized carbons (Fsp3) is 0.857. The van der Waals surface area contributed by atoms with Gasteiger partial charge in [0.05, 0.1) is 25.4 Å². The number of unbranched alkanes of at least 4 members (excludes halogenated alkanes) is 20. The van der Waals surface area contributed by atoms with Gasteiger partial charge in [-0.15, -0.1) is 0 Å². The predicted octanol–water partition coefficient (Wildman–Crippen LogP) is 9.05. The Morgan fingerprint density at radius 2 is 1.23 bits per heavy atom. The average Bonchev–Trinajstić information content (AvgIpc) is 3.01. The molecule has 1 unspecified atom stereocenters. The third-order valence-electron chi connectivity index (χ3n) is 7.84. The molecular weight excluding hydrogens is 575 g/mol. The van der Waals surface area contributed by atoms with Crippen LogP contribution in [-0.4, -0.2) is 47.8 Å². The maximum absolute atomic E-state index is 12.6. The second-order valence-corrected chi connectivity index (χ2v) is 13.6. The zero-order valence-corrected chi connectivity index (χ0v) is 29.3. The van der Waals surface area contributed by atoms with E-state index in [2.05, 4.69) is 25.2 Å². The van der Waals surface area contributed by atoms with Gasteiger partial charge in [-0.3, -0.25) is 13.8 Å². The van der Waals surface area contributed by atoms with Crippen LogP contribution in [-0.2, 0) is 18.4 Å². The van der Waals surface area contributed by atoms with Gasteiger partial charge in [-0.1, -0.05) is 160 Å². The molecule has 0 radical (unpaired) electrons. The van der Waals surface area contributed by atoms with Gasteiger partial charge < -0.3 is 21.1 Å². The van der Waals surface area contributed by atoms with Crippen LogP contribution in [0.4, 0.5) is 0 Å². The van der Waals surface area contributed by atoms with Gasteiger partial charge in [-0.25, -0.2) is 4.57 Å². The molecule has 0 spiro atoms. The SMILES string of the molecule is CCCCCCC/C=C/C=C/[C@@H](O)[C@H](COP(=O)(O)OCCN)NC(=O)CCCCCCCCCCCCCCCCCC. The topological polar surface area (TPSA) is 131 Å². The molecule has 0 aromatic rings. The molecule has 44 heavy (non-hydrogen) atoms. The van der Waals surface area contributed by atoms with Crippen LogP contribution in [0.1, 0.15) is 162 Å². The number of phosphoric acid groups is 1. The van der Waals surface area contributed by atoms with Gasteiger partial charge in [0.1, 0.15) is 0 Å². The highest BCUT2D eigenvalue weighted by molar-refractivity contribution is 7.47.